The summed E-state index contributed by atoms with van der Waals surface area (Å²) in [6.45, 7) is 3.23. The Bertz CT molecular complexity index is 771. The predicted octanol–water partition coefficient (Wildman–Crippen LogP) is 1.82. The number of esters is 1. The van der Waals surface area contributed by atoms with Crippen LogP contribution in [-0.4, -0.2) is 46.1 Å². The van der Waals surface area contributed by atoms with E-state index in [4.69, 9.17) is 21.2 Å². The smallest absolute Gasteiger partial charge is 0.475 e. The lowest BCUT2D eigenvalue weighted by atomic mass is 10.0. The molecule has 152 valence electrons. The molecule has 0 aromatic heterocycles. The summed E-state index contributed by atoms with van der Waals surface area (Å²) in [5.41, 5.74) is 14.3. The van der Waals surface area contributed by atoms with Crippen LogP contribution in [0.3, 0.4) is 0 Å². The Labute approximate surface area is 155 Å². The lowest BCUT2D eigenvalue weighted by molar-refractivity contribution is -0.192. The average Bonchev–Trinajstić information content (AvgIpc) is 2.60. The van der Waals surface area contributed by atoms with E-state index in [0.717, 1.165) is 0 Å². The minimum Gasteiger partial charge on any atom is -0.475 e. The van der Waals surface area contributed by atoms with Gasteiger partial charge >= 0.3 is 23.8 Å². The van der Waals surface area contributed by atoms with Gasteiger partial charge in [0, 0.05) is 12.5 Å². The van der Waals surface area contributed by atoms with Crippen LogP contribution in [0.5, 0.6) is 0 Å². The fourth-order valence-corrected chi connectivity index (χ4v) is 1.54. The number of aliphatic carboxylic acids is 1. The normalized spacial score (nSPS) is 11.2. The molecule has 0 saturated carbocycles. The number of ketones is 1. The first-order valence-corrected chi connectivity index (χ1v) is 7.28. The van der Waals surface area contributed by atoms with Gasteiger partial charge in [-0.15, -0.1) is 0 Å². The minimum atomic E-state index is -5.08. The van der Waals surface area contributed by atoms with E-state index in [1.165, 1.54) is 30.3 Å². The summed E-state index contributed by atoms with van der Waals surface area (Å²) in [4.78, 5) is 34.9. The quantitative estimate of drug-likeness (QED) is 0.135. The Morgan fingerprint density at radius 1 is 1.29 bits per heavy atom. The molecular weight excluding hydrogens is 390 g/mol. The number of hydrogen-bond donors (Lipinski definition) is 2. The molecule has 8 nitrogen and oxygen atoms in total. The zero-order chi connectivity index (χ0) is 21.9. The summed E-state index contributed by atoms with van der Waals surface area (Å²) in [5, 5.41) is 7.12. The van der Waals surface area contributed by atoms with Crippen LogP contribution in [0.25, 0.3) is 5.53 Å². The van der Waals surface area contributed by atoms with E-state index in [1.807, 2.05) is 0 Å². The van der Waals surface area contributed by atoms with Crippen molar-refractivity contribution in [3.63, 3.8) is 0 Å². The molecule has 0 radical (unpaired) electrons. The van der Waals surface area contributed by atoms with E-state index < -0.39 is 41.5 Å². The number of Topliss-reactive ketones (excluding diaryl/α,β-unsaturated/α-hetero) is 1. The molecule has 1 rings (SSSR count). The van der Waals surface area contributed by atoms with Crippen molar-refractivity contribution >= 4 is 23.4 Å². The van der Waals surface area contributed by atoms with Crippen LogP contribution in [0, 0.1) is 5.82 Å². The van der Waals surface area contributed by atoms with Crippen LogP contribution < -0.4 is 5.73 Å². The summed E-state index contributed by atoms with van der Waals surface area (Å²) in [6.07, 6.45) is -4.06. The molecule has 0 amide bonds. The van der Waals surface area contributed by atoms with Crippen molar-refractivity contribution in [2.75, 3.05) is 6.61 Å². The van der Waals surface area contributed by atoms with Crippen molar-refractivity contribution in [2.45, 2.75) is 18.6 Å². The highest BCUT2D eigenvalue weighted by Crippen LogP contribution is 2.15. The molecule has 0 unspecified atom stereocenters. The number of hydrogen-bond acceptors (Lipinski definition) is 5. The molecule has 0 aliphatic rings. The molecule has 0 fully saturated rings. The third kappa shape index (κ3) is 8.83. The second-order valence-electron chi connectivity index (χ2n) is 4.92. The second-order valence-corrected chi connectivity index (χ2v) is 4.92. The topological polar surface area (TPSA) is 143 Å². The van der Waals surface area contributed by atoms with Gasteiger partial charge < -0.3 is 21.1 Å². The monoisotopic (exact) mass is 405 g/mol. The van der Waals surface area contributed by atoms with Gasteiger partial charge in [-0.3, -0.25) is 4.79 Å². The Kier molecular flexibility index (Phi) is 10.00. The van der Waals surface area contributed by atoms with Crippen molar-refractivity contribution in [1.82, 2.24) is 0 Å². The molecule has 0 saturated heterocycles. The van der Waals surface area contributed by atoms with Gasteiger partial charge in [0.1, 0.15) is 12.4 Å². The fourth-order valence-electron chi connectivity index (χ4n) is 1.54. The molecule has 1 atom stereocenters. The molecule has 12 heteroatoms. The lowest BCUT2D eigenvalue weighted by Gasteiger charge is -2.09. The summed E-state index contributed by atoms with van der Waals surface area (Å²) in [5.74, 6) is -5.02. The van der Waals surface area contributed by atoms with Crippen molar-refractivity contribution < 1.29 is 46.6 Å². The van der Waals surface area contributed by atoms with Crippen LogP contribution in [-0.2, 0) is 19.1 Å². The molecule has 0 spiro atoms. The van der Waals surface area contributed by atoms with Crippen LogP contribution in [0.1, 0.15) is 18.0 Å². The Balaban J connectivity index is 0.000000887. The van der Waals surface area contributed by atoms with E-state index in [9.17, 15) is 27.2 Å². The number of benzene rings is 1. The number of rotatable bonds is 7. The van der Waals surface area contributed by atoms with Crippen LogP contribution >= 0.6 is 0 Å². The molecule has 0 aliphatic heterocycles. The number of alkyl halides is 3. The molecule has 28 heavy (non-hydrogen) atoms. The Morgan fingerprint density at radius 3 is 2.18 bits per heavy atom. The zero-order valence-corrected chi connectivity index (χ0v) is 14.1. The number of carbonyl (C=O) groups is 3. The maximum absolute atomic E-state index is 12.8. The van der Waals surface area contributed by atoms with Gasteiger partial charge in [-0.1, -0.05) is 24.8 Å². The Hall–Kier alpha value is -3.37. The van der Waals surface area contributed by atoms with Crippen LogP contribution in [0.15, 0.2) is 36.9 Å². The summed E-state index contributed by atoms with van der Waals surface area (Å²) < 4.78 is 49.1. The van der Waals surface area contributed by atoms with Crippen molar-refractivity contribution in [3.8, 4) is 0 Å². The number of carbonyl (C=O) groups excluding carboxylic acids is 2. The first-order chi connectivity index (χ1) is 12.9. The first kappa shape index (κ1) is 24.6. The molecular formula is C16H15F4N3O5. The fraction of sp³-hybridized carbons (Fsp3) is 0.250. The maximum atomic E-state index is 12.8. The average molecular weight is 405 g/mol. The van der Waals surface area contributed by atoms with E-state index in [1.54, 1.807) is 0 Å². The molecule has 3 N–H and O–H groups in total. The van der Waals surface area contributed by atoms with E-state index in [0.29, 0.717) is 5.56 Å². The van der Waals surface area contributed by atoms with Crippen molar-refractivity contribution in [1.29, 1.82) is 0 Å². The number of halogens is 4. The number of nitrogens with zero attached hydrogens (tertiary/aromatic N) is 2. The molecule has 1 aromatic rings. The van der Waals surface area contributed by atoms with E-state index in [-0.39, 0.29) is 13.0 Å². The van der Waals surface area contributed by atoms with Crippen LogP contribution in [0.4, 0.5) is 17.6 Å². The Morgan fingerprint density at radius 2 is 1.79 bits per heavy atom. The van der Waals surface area contributed by atoms with Gasteiger partial charge in [-0.2, -0.15) is 18.0 Å². The van der Waals surface area contributed by atoms with Gasteiger partial charge in [-0.05, 0) is 17.7 Å². The predicted molar refractivity (Wildman–Crippen MR) is 86.4 cm³/mol. The molecule has 0 heterocycles. The van der Waals surface area contributed by atoms with Gasteiger partial charge in [0.2, 0.25) is 0 Å². The third-order valence-electron chi connectivity index (χ3n) is 2.84. The standard InChI is InChI=1S/C14H14FN3O3.C2HF3O2/c1-2-7-21-14(20)13(18-17)12(19)8-11(16)9-3-5-10(15)6-4-9;3-2(4,5)1(6)7/h2-6,11H,1,7-8,16H2;(H,6,7)/t11-;/m1./s1. The van der Waals surface area contributed by atoms with Gasteiger partial charge in [-0.25, -0.2) is 14.0 Å². The van der Waals surface area contributed by atoms with E-state index in [2.05, 4.69) is 16.1 Å². The first-order valence-electron chi connectivity index (χ1n) is 7.28. The van der Waals surface area contributed by atoms with Crippen molar-refractivity contribution in [2.24, 2.45) is 5.73 Å². The highest BCUT2D eigenvalue weighted by atomic mass is 19.4. The highest BCUT2D eigenvalue weighted by molar-refractivity contribution is 6.62. The van der Waals surface area contributed by atoms with Crippen LogP contribution in [0.2, 0.25) is 0 Å². The molecule has 0 aliphatic carbocycles. The minimum absolute atomic E-state index is 0.116. The summed E-state index contributed by atoms with van der Waals surface area (Å²) >= 11 is 0. The largest absolute Gasteiger partial charge is 0.490 e. The number of ether oxygens (including phenoxy) is 1. The summed E-state index contributed by atoms with van der Waals surface area (Å²) in [7, 11) is 0. The van der Waals surface area contributed by atoms with Crippen molar-refractivity contribution in [3.05, 3.63) is 53.8 Å². The van der Waals surface area contributed by atoms with Gasteiger partial charge in [0.25, 0.3) is 5.78 Å². The molecule has 1 aromatic carbocycles. The molecule has 0 bridgehead atoms. The zero-order valence-electron chi connectivity index (χ0n) is 14.1. The lowest BCUT2D eigenvalue weighted by Crippen LogP contribution is -2.30. The summed E-state index contributed by atoms with van der Waals surface area (Å²) in [6, 6.07) is 4.51. The number of nitrogens with two attached hydrogens (primary N) is 1. The number of carboxylic acids is 1. The maximum Gasteiger partial charge on any atom is 0.490 e. The second kappa shape index (κ2) is 11.4. The number of carboxylic acid groups (broad SMARTS) is 1. The van der Waals surface area contributed by atoms with Gasteiger partial charge in [0.05, 0.1) is 0 Å². The van der Waals surface area contributed by atoms with Gasteiger partial charge in [0.15, 0.2) is 0 Å². The SMILES string of the molecule is C=CCOC(=O)C(=[N+]=[N-])C(=O)C[C@@H](N)c1ccc(F)cc1.O=C(O)C(F)(F)F. The van der Waals surface area contributed by atoms with E-state index >= 15 is 0 Å². The highest BCUT2D eigenvalue weighted by Gasteiger charge is 2.38. The third-order valence-corrected chi connectivity index (χ3v) is 2.84.